The minimum Gasteiger partial charge on any atom is -0.478 e. The average Bonchev–Trinajstić information content (AvgIpc) is 1.96. The fraction of sp³-hybridized carbons (Fsp3) is 0.429. The lowest BCUT2D eigenvalue weighted by Gasteiger charge is -2.00. The predicted octanol–water partition coefficient (Wildman–Crippen LogP) is 0.118. The van der Waals surface area contributed by atoms with Gasteiger partial charge in [0.2, 0.25) is 0 Å². The predicted molar refractivity (Wildman–Crippen MR) is 39.8 cm³/mol. The van der Waals surface area contributed by atoms with Crippen LogP contribution in [0, 0.1) is 0 Å². The molecule has 0 saturated carbocycles. The van der Waals surface area contributed by atoms with Crippen molar-refractivity contribution in [1.29, 1.82) is 0 Å². The summed E-state index contributed by atoms with van der Waals surface area (Å²) in [5.41, 5.74) is -0.260. The smallest absolute Gasteiger partial charge is 0.334 e. The molecular formula is C7H10O5. The lowest BCUT2D eigenvalue weighted by atomic mass is 10.2. The molecule has 0 aromatic rings. The van der Waals surface area contributed by atoms with Gasteiger partial charge < -0.3 is 14.9 Å². The molecule has 0 aromatic carbocycles. The van der Waals surface area contributed by atoms with E-state index in [9.17, 15) is 9.59 Å². The molecule has 68 valence electrons. The van der Waals surface area contributed by atoms with E-state index in [1.54, 1.807) is 6.92 Å². The maximum Gasteiger partial charge on any atom is 0.334 e. The minimum atomic E-state index is -1.29. The summed E-state index contributed by atoms with van der Waals surface area (Å²) < 4.78 is 4.75. The van der Waals surface area contributed by atoms with Crippen LogP contribution >= 0.6 is 0 Å². The van der Waals surface area contributed by atoms with E-state index in [0.717, 1.165) is 0 Å². The van der Waals surface area contributed by atoms with E-state index >= 15 is 0 Å². The molecule has 12 heavy (non-hydrogen) atoms. The van der Waals surface area contributed by atoms with Crippen LogP contribution in [0.5, 0.6) is 0 Å². The first-order valence-corrected chi connectivity index (χ1v) is 3.32. The number of hydrogen-bond donors (Lipinski definition) is 2. The molecule has 0 aliphatic carbocycles. The normalized spacial score (nSPS) is 11.2. The highest BCUT2D eigenvalue weighted by atomic mass is 16.5. The summed E-state index contributed by atoms with van der Waals surface area (Å²) in [5.74, 6) is -2.56. The Bertz CT molecular complexity index is 206. The van der Waals surface area contributed by atoms with Crippen LogP contribution in [0.25, 0.3) is 0 Å². The zero-order valence-corrected chi connectivity index (χ0v) is 6.61. The highest BCUT2D eigenvalue weighted by Gasteiger charge is 2.08. The number of rotatable bonds is 5. The minimum absolute atomic E-state index is 0.182. The van der Waals surface area contributed by atoms with Crippen molar-refractivity contribution in [2.24, 2.45) is 0 Å². The molecule has 0 heterocycles. The second kappa shape index (κ2) is 5.31. The number of hydrogen-bond acceptors (Lipinski definition) is 3. The molecule has 0 bridgehead atoms. The molecule has 5 nitrogen and oxygen atoms in total. The summed E-state index contributed by atoms with van der Waals surface area (Å²) in [6, 6.07) is 0. The molecule has 0 rings (SSSR count). The maximum absolute atomic E-state index is 10.3. The Morgan fingerprint density at radius 3 is 2.33 bits per heavy atom. The van der Waals surface area contributed by atoms with E-state index < -0.39 is 11.9 Å². The molecule has 0 saturated heterocycles. The van der Waals surface area contributed by atoms with E-state index in [-0.39, 0.29) is 12.2 Å². The fourth-order valence-electron chi connectivity index (χ4n) is 0.526. The van der Waals surface area contributed by atoms with Crippen LogP contribution in [0.4, 0.5) is 0 Å². The second-order valence-electron chi connectivity index (χ2n) is 1.95. The van der Waals surface area contributed by atoms with Crippen LogP contribution in [0.15, 0.2) is 11.6 Å². The van der Waals surface area contributed by atoms with Gasteiger partial charge in [0, 0.05) is 12.7 Å². The van der Waals surface area contributed by atoms with Crippen molar-refractivity contribution in [2.45, 2.75) is 6.92 Å². The third kappa shape index (κ3) is 4.45. The number of ether oxygens (including phenoxy) is 1. The van der Waals surface area contributed by atoms with E-state index in [1.165, 1.54) is 0 Å². The fourth-order valence-corrected chi connectivity index (χ4v) is 0.526. The molecule has 0 aliphatic rings. The first kappa shape index (κ1) is 10.6. The Morgan fingerprint density at radius 2 is 2.00 bits per heavy atom. The summed E-state index contributed by atoms with van der Waals surface area (Å²) in [6.07, 6.45) is 0.623. The van der Waals surface area contributed by atoms with E-state index in [4.69, 9.17) is 14.9 Å². The third-order valence-electron chi connectivity index (χ3n) is 1.03. The Morgan fingerprint density at radius 1 is 1.42 bits per heavy atom. The van der Waals surface area contributed by atoms with Crippen molar-refractivity contribution in [3.63, 3.8) is 0 Å². The van der Waals surface area contributed by atoms with Gasteiger partial charge in [0.25, 0.3) is 0 Å². The maximum atomic E-state index is 10.3. The van der Waals surface area contributed by atoms with Gasteiger partial charge in [-0.15, -0.1) is 0 Å². The number of carbonyl (C=O) groups is 2. The summed E-state index contributed by atoms with van der Waals surface area (Å²) in [6.45, 7) is 1.86. The van der Waals surface area contributed by atoms with Crippen LogP contribution in [0.2, 0.25) is 0 Å². The first-order valence-electron chi connectivity index (χ1n) is 3.32. The summed E-state index contributed by atoms with van der Waals surface area (Å²) in [4.78, 5) is 20.4. The Labute approximate surface area is 69.3 Å². The Hall–Kier alpha value is -1.36. The van der Waals surface area contributed by atoms with Crippen molar-refractivity contribution < 1.29 is 24.5 Å². The van der Waals surface area contributed by atoms with Gasteiger partial charge in [0.05, 0.1) is 12.2 Å². The van der Waals surface area contributed by atoms with Crippen LogP contribution in [-0.2, 0) is 14.3 Å². The van der Waals surface area contributed by atoms with Gasteiger partial charge in [0.1, 0.15) is 0 Å². The molecule has 0 spiro atoms. The first-order chi connectivity index (χ1) is 5.57. The van der Waals surface area contributed by atoms with Crippen LogP contribution < -0.4 is 0 Å². The monoisotopic (exact) mass is 174 g/mol. The van der Waals surface area contributed by atoms with Gasteiger partial charge in [0.15, 0.2) is 0 Å². The van der Waals surface area contributed by atoms with Crippen molar-refractivity contribution in [3.05, 3.63) is 11.6 Å². The molecule has 0 aromatic heterocycles. The molecule has 0 unspecified atom stereocenters. The number of aliphatic carboxylic acids is 2. The average molecular weight is 174 g/mol. The van der Waals surface area contributed by atoms with Crippen molar-refractivity contribution >= 4 is 11.9 Å². The van der Waals surface area contributed by atoms with Crippen molar-refractivity contribution in [3.8, 4) is 0 Å². The van der Waals surface area contributed by atoms with E-state index in [0.29, 0.717) is 12.7 Å². The topological polar surface area (TPSA) is 83.8 Å². The third-order valence-corrected chi connectivity index (χ3v) is 1.03. The molecular weight excluding hydrogens is 164 g/mol. The lowest BCUT2D eigenvalue weighted by Crippen LogP contribution is -2.10. The molecule has 0 fully saturated rings. The standard InChI is InChI=1S/C7H10O5/c1-2-12-4-5(7(10)11)3-6(8)9/h3H,2,4H2,1H3,(H,8,9)(H,10,11)/b5-3-. The largest absolute Gasteiger partial charge is 0.478 e. The Kier molecular flexibility index (Phi) is 4.71. The van der Waals surface area contributed by atoms with E-state index in [2.05, 4.69) is 0 Å². The van der Waals surface area contributed by atoms with Gasteiger partial charge in [-0.1, -0.05) is 0 Å². The molecule has 5 heteroatoms. The van der Waals surface area contributed by atoms with Gasteiger partial charge >= 0.3 is 11.9 Å². The van der Waals surface area contributed by atoms with Crippen LogP contribution in [-0.4, -0.2) is 35.4 Å². The van der Waals surface area contributed by atoms with Gasteiger partial charge in [-0.05, 0) is 6.92 Å². The molecule has 0 aliphatic heterocycles. The lowest BCUT2D eigenvalue weighted by molar-refractivity contribution is -0.135. The van der Waals surface area contributed by atoms with Crippen molar-refractivity contribution in [2.75, 3.05) is 13.2 Å². The van der Waals surface area contributed by atoms with Gasteiger partial charge in [-0.3, -0.25) is 0 Å². The summed E-state index contributed by atoms with van der Waals surface area (Å²) >= 11 is 0. The van der Waals surface area contributed by atoms with Crippen LogP contribution in [0.3, 0.4) is 0 Å². The quantitative estimate of drug-likeness (QED) is 0.578. The Balaban J connectivity index is 4.23. The zero-order chi connectivity index (χ0) is 9.56. The van der Waals surface area contributed by atoms with Crippen LogP contribution in [0.1, 0.15) is 6.92 Å². The molecule has 2 N–H and O–H groups in total. The molecule has 0 amide bonds. The second-order valence-corrected chi connectivity index (χ2v) is 1.95. The molecule has 0 radical (unpaired) electrons. The molecule has 0 atom stereocenters. The highest BCUT2D eigenvalue weighted by molar-refractivity contribution is 5.94. The number of carboxylic acid groups (broad SMARTS) is 2. The van der Waals surface area contributed by atoms with Gasteiger partial charge in [-0.25, -0.2) is 9.59 Å². The highest BCUT2D eigenvalue weighted by Crippen LogP contribution is 1.95. The summed E-state index contributed by atoms with van der Waals surface area (Å²) in [7, 11) is 0. The van der Waals surface area contributed by atoms with Crippen molar-refractivity contribution in [1.82, 2.24) is 0 Å². The SMILES string of the molecule is CCOC/C(=C/C(=O)O)C(=O)O. The van der Waals surface area contributed by atoms with Gasteiger partial charge in [-0.2, -0.15) is 0 Å². The summed E-state index contributed by atoms with van der Waals surface area (Å²) in [5, 5.41) is 16.7. The zero-order valence-electron chi connectivity index (χ0n) is 6.61. The van der Waals surface area contributed by atoms with E-state index in [1.807, 2.05) is 0 Å². The number of carboxylic acids is 2.